The first-order valence-corrected chi connectivity index (χ1v) is 10.3. The molecule has 0 aliphatic rings. The lowest BCUT2D eigenvalue weighted by Crippen LogP contribution is -2.51. The zero-order chi connectivity index (χ0) is 25.0. The molecule has 3 N–H and O–H groups in total. The maximum absolute atomic E-state index is 12.8. The van der Waals surface area contributed by atoms with Crippen molar-refractivity contribution in [2.24, 2.45) is 0 Å². The van der Waals surface area contributed by atoms with Gasteiger partial charge in [-0.05, 0) is 32.9 Å². The fourth-order valence-electron chi connectivity index (χ4n) is 3.12. The number of nitro benzene ring substituents is 1. The second kappa shape index (κ2) is 9.90. The highest BCUT2D eigenvalue weighted by molar-refractivity contribution is 6.05. The minimum Gasteiger partial charge on any atom is -0.340 e. The molecule has 0 spiro atoms. The molecule has 1 heterocycles. The van der Waals surface area contributed by atoms with Crippen LogP contribution < -0.4 is 21.7 Å². The molecule has 2 aromatic carbocycles. The van der Waals surface area contributed by atoms with Crippen molar-refractivity contribution < 1.29 is 19.3 Å². The first-order valence-electron chi connectivity index (χ1n) is 10.3. The Morgan fingerprint density at radius 3 is 2.29 bits per heavy atom. The number of nitrogens with zero attached hydrogens (tertiary/aromatic N) is 3. The van der Waals surface area contributed by atoms with Crippen LogP contribution in [0, 0.1) is 10.1 Å². The van der Waals surface area contributed by atoms with E-state index in [0.29, 0.717) is 10.8 Å². The molecule has 1 aromatic heterocycles. The van der Waals surface area contributed by atoms with Gasteiger partial charge in [-0.2, -0.15) is 5.10 Å². The number of nitrogens with one attached hydrogen (secondary N) is 3. The van der Waals surface area contributed by atoms with Gasteiger partial charge in [-0.25, -0.2) is 4.68 Å². The third kappa shape index (κ3) is 5.06. The monoisotopic (exact) mass is 466 g/mol. The highest BCUT2D eigenvalue weighted by Crippen LogP contribution is 2.15. The molecule has 34 heavy (non-hydrogen) atoms. The van der Waals surface area contributed by atoms with Crippen LogP contribution in [0.4, 0.5) is 5.69 Å². The summed E-state index contributed by atoms with van der Waals surface area (Å²) in [5, 5.41) is 18.1. The molecule has 3 aromatic rings. The van der Waals surface area contributed by atoms with Crippen molar-refractivity contribution in [3.63, 3.8) is 0 Å². The molecule has 3 rings (SSSR count). The first-order chi connectivity index (χ1) is 16.1. The van der Waals surface area contributed by atoms with E-state index in [4.69, 9.17) is 0 Å². The highest BCUT2D eigenvalue weighted by atomic mass is 16.6. The molecule has 12 heteroatoms. The van der Waals surface area contributed by atoms with E-state index in [9.17, 15) is 29.3 Å². The van der Waals surface area contributed by atoms with Crippen molar-refractivity contribution in [1.82, 2.24) is 25.9 Å². The van der Waals surface area contributed by atoms with Crippen LogP contribution in [0.5, 0.6) is 0 Å². The van der Waals surface area contributed by atoms with E-state index < -0.39 is 28.7 Å². The Balaban J connectivity index is 1.71. The van der Waals surface area contributed by atoms with Crippen molar-refractivity contribution in [3.05, 3.63) is 80.3 Å². The highest BCUT2D eigenvalue weighted by Gasteiger charge is 2.21. The van der Waals surface area contributed by atoms with E-state index in [1.807, 2.05) is 0 Å². The van der Waals surface area contributed by atoms with Crippen molar-refractivity contribution in [2.75, 3.05) is 0 Å². The van der Waals surface area contributed by atoms with Crippen LogP contribution in [0.3, 0.4) is 0 Å². The zero-order valence-electron chi connectivity index (χ0n) is 18.6. The fourth-order valence-corrected chi connectivity index (χ4v) is 3.12. The number of hydrogen-bond acceptors (Lipinski definition) is 7. The Morgan fingerprint density at radius 1 is 0.971 bits per heavy atom. The predicted octanol–water partition coefficient (Wildman–Crippen LogP) is 1.47. The summed E-state index contributed by atoms with van der Waals surface area (Å²) in [6, 6.07) is 10.1. The van der Waals surface area contributed by atoms with Gasteiger partial charge in [0.2, 0.25) is 0 Å². The summed E-state index contributed by atoms with van der Waals surface area (Å²) in [7, 11) is 0. The maximum Gasteiger partial charge on any atom is 0.290 e. The number of nitro groups is 1. The molecule has 1 atom stereocenters. The molecule has 0 saturated heterocycles. The minimum absolute atomic E-state index is 0.00416. The Labute approximate surface area is 193 Å². The van der Waals surface area contributed by atoms with Gasteiger partial charge in [-0.1, -0.05) is 24.3 Å². The number of hydrogen-bond donors (Lipinski definition) is 3. The van der Waals surface area contributed by atoms with Crippen LogP contribution in [0.2, 0.25) is 0 Å². The van der Waals surface area contributed by atoms with E-state index in [-0.39, 0.29) is 28.5 Å². The number of fused-ring (bicyclic) bond motifs is 1. The van der Waals surface area contributed by atoms with E-state index in [2.05, 4.69) is 21.3 Å². The lowest BCUT2D eigenvalue weighted by atomic mass is 10.1. The lowest BCUT2D eigenvalue weighted by Gasteiger charge is -2.16. The third-order valence-corrected chi connectivity index (χ3v) is 4.89. The predicted molar refractivity (Wildman–Crippen MR) is 122 cm³/mol. The second-order valence-electron chi connectivity index (χ2n) is 7.68. The van der Waals surface area contributed by atoms with Gasteiger partial charge in [0.15, 0.2) is 5.69 Å². The maximum atomic E-state index is 12.8. The summed E-state index contributed by atoms with van der Waals surface area (Å²) < 4.78 is 1.18. The number of carbonyl (C=O) groups excluding carboxylic acids is 3. The number of benzene rings is 2. The largest absolute Gasteiger partial charge is 0.340 e. The molecule has 0 unspecified atom stereocenters. The summed E-state index contributed by atoms with van der Waals surface area (Å²) >= 11 is 0. The number of rotatable bonds is 6. The second-order valence-corrected chi connectivity index (χ2v) is 7.68. The summed E-state index contributed by atoms with van der Waals surface area (Å²) in [6.45, 7) is 4.88. The van der Waals surface area contributed by atoms with E-state index in [1.54, 1.807) is 38.1 Å². The summed E-state index contributed by atoms with van der Waals surface area (Å²) in [5.74, 6) is -2.20. The van der Waals surface area contributed by atoms with Crippen LogP contribution >= 0.6 is 0 Å². The number of hydrazine groups is 1. The van der Waals surface area contributed by atoms with Crippen LogP contribution in [0.25, 0.3) is 10.8 Å². The standard InChI is InChI=1S/C22H22N6O6/c1-12(2)27-22(32)17-10-5-4-9-16(17)18(26-27)21(31)25-24-19(29)13(3)23-20(30)14-7-6-8-15(11-14)28(33)34/h4-13H,1-3H3,(H,23,30)(H,24,29)(H,25,31)/t13-/m0/s1. The lowest BCUT2D eigenvalue weighted by molar-refractivity contribution is -0.384. The Morgan fingerprint density at radius 2 is 1.65 bits per heavy atom. The summed E-state index contributed by atoms with van der Waals surface area (Å²) in [6.07, 6.45) is 0. The Hall–Kier alpha value is -4.61. The number of non-ortho nitro benzene ring substituents is 1. The molecule has 176 valence electrons. The third-order valence-electron chi connectivity index (χ3n) is 4.89. The molecular weight excluding hydrogens is 444 g/mol. The van der Waals surface area contributed by atoms with Gasteiger partial charge in [0, 0.05) is 23.1 Å². The van der Waals surface area contributed by atoms with Crippen molar-refractivity contribution in [1.29, 1.82) is 0 Å². The van der Waals surface area contributed by atoms with E-state index >= 15 is 0 Å². The molecule has 3 amide bonds. The van der Waals surface area contributed by atoms with Gasteiger partial charge in [-0.3, -0.25) is 40.1 Å². The average molecular weight is 466 g/mol. The van der Waals surface area contributed by atoms with Gasteiger partial charge >= 0.3 is 0 Å². The smallest absolute Gasteiger partial charge is 0.290 e. The minimum atomic E-state index is -1.08. The van der Waals surface area contributed by atoms with Crippen molar-refractivity contribution >= 4 is 34.2 Å². The van der Waals surface area contributed by atoms with Gasteiger partial charge in [0.05, 0.1) is 16.4 Å². The normalized spacial score (nSPS) is 11.6. The van der Waals surface area contributed by atoms with Gasteiger partial charge in [0.25, 0.3) is 29.0 Å². The average Bonchev–Trinajstić information content (AvgIpc) is 2.82. The zero-order valence-corrected chi connectivity index (χ0v) is 18.6. The molecule has 0 aliphatic carbocycles. The topological polar surface area (TPSA) is 165 Å². The van der Waals surface area contributed by atoms with Crippen LogP contribution in [-0.2, 0) is 4.79 Å². The first kappa shape index (κ1) is 24.0. The summed E-state index contributed by atoms with van der Waals surface area (Å²) in [4.78, 5) is 60.3. The molecular formula is C22H22N6O6. The molecule has 0 saturated carbocycles. The van der Waals surface area contributed by atoms with Crippen LogP contribution in [0.15, 0.2) is 53.3 Å². The van der Waals surface area contributed by atoms with Crippen LogP contribution in [-0.4, -0.2) is 38.5 Å². The van der Waals surface area contributed by atoms with Crippen molar-refractivity contribution in [3.8, 4) is 0 Å². The number of aromatic nitrogens is 2. The fraction of sp³-hybridized carbons (Fsp3) is 0.227. The van der Waals surface area contributed by atoms with Gasteiger partial charge in [0.1, 0.15) is 6.04 Å². The molecule has 0 aliphatic heterocycles. The van der Waals surface area contributed by atoms with Gasteiger partial charge in [-0.15, -0.1) is 0 Å². The quantitative estimate of drug-likeness (QED) is 0.365. The Bertz CT molecular complexity index is 1350. The van der Waals surface area contributed by atoms with Crippen LogP contribution in [0.1, 0.15) is 47.7 Å². The van der Waals surface area contributed by atoms with Crippen molar-refractivity contribution in [2.45, 2.75) is 32.9 Å². The molecule has 0 bridgehead atoms. The number of carbonyl (C=O) groups is 3. The molecule has 12 nitrogen and oxygen atoms in total. The SMILES string of the molecule is CC(C)n1nc(C(=O)NNC(=O)[C@H](C)NC(=O)c2cccc([N+](=O)[O-])c2)c2ccccc2c1=O. The molecule has 0 fully saturated rings. The molecule has 0 radical (unpaired) electrons. The summed E-state index contributed by atoms with van der Waals surface area (Å²) in [5.41, 5.74) is 3.78. The van der Waals surface area contributed by atoms with E-state index in [0.717, 1.165) is 6.07 Å². The Kier molecular flexibility index (Phi) is 7.00. The number of amides is 3. The van der Waals surface area contributed by atoms with Gasteiger partial charge < -0.3 is 5.32 Å². The van der Waals surface area contributed by atoms with E-state index in [1.165, 1.54) is 29.8 Å².